The Labute approximate surface area is 199 Å². The van der Waals surface area contributed by atoms with Crippen molar-refractivity contribution >= 4 is 34.9 Å². The number of non-ortho nitro benzene ring substituents is 1. The second kappa shape index (κ2) is 11.2. The highest BCUT2D eigenvalue weighted by Crippen LogP contribution is 2.30. The molecule has 0 aromatic heterocycles. The predicted octanol–water partition coefficient (Wildman–Crippen LogP) is 4.28. The molecule has 0 unspecified atom stereocenters. The molecule has 0 heterocycles. The summed E-state index contributed by atoms with van der Waals surface area (Å²) in [6.45, 7) is 1.72. The van der Waals surface area contributed by atoms with Gasteiger partial charge in [-0.05, 0) is 48.9 Å². The quantitative estimate of drug-likeness (QED) is 0.248. The van der Waals surface area contributed by atoms with Crippen LogP contribution < -0.4 is 20.2 Å². The van der Waals surface area contributed by atoms with Gasteiger partial charge in [-0.25, -0.2) is 0 Å². The van der Waals surface area contributed by atoms with Crippen molar-refractivity contribution in [3.05, 3.63) is 92.0 Å². The first-order chi connectivity index (χ1) is 16.8. The molecule has 1 amide bonds. The standard InChI is InChI=1S/C23H21N5O7/c1-15-3-6-17(7-4-15)25-23(29)14-35-21-10-5-16(11-22(21)34-2)13-24-26-19-9-8-18(27(30)31)12-20(19)28(32)33/h3-13,26H,14H2,1-2H3,(H,25,29)/b24-13-. The molecular formula is C23H21N5O7. The number of anilines is 2. The van der Waals surface area contributed by atoms with E-state index in [0.717, 1.165) is 17.7 Å². The van der Waals surface area contributed by atoms with Crippen molar-refractivity contribution in [3.63, 3.8) is 0 Å². The molecule has 0 bridgehead atoms. The van der Waals surface area contributed by atoms with E-state index >= 15 is 0 Å². The lowest BCUT2D eigenvalue weighted by Crippen LogP contribution is -2.20. The molecule has 0 spiro atoms. The normalized spacial score (nSPS) is 10.6. The molecule has 12 nitrogen and oxygen atoms in total. The van der Waals surface area contributed by atoms with Crippen LogP contribution in [0.5, 0.6) is 11.5 Å². The second-order valence-corrected chi connectivity index (χ2v) is 7.20. The molecule has 0 aliphatic rings. The van der Waals surface area contributed by atoms with Crippen LogP contribution in [-0.2, 0) is 4.79 Å². The number of methoxy groups -OCH3 is 1. The van der Waals surface area contributed by atoms with Crippen molar-refractivity contribution in [2.24, 2.45) is 5.10 Å². The van der Waals surface area contributed by atoms with Gasteiger partial charge in [0.25, 0.3) is 11.6 Å². The fraction of sp³-hybridized carbons (Fsp3) is 0.130. The Morgan fingerprint density at radius 2 is 1.74 bits per heavy atom. The van der Waals surface area contributed by atoms with Gasteiger partial charge in [0.1, 0.15) is 5.69 Å². The van der Waals surface area contributed by atoms with Crippen LogP contribution in [0.4, 0.5) is 22.7 Å². The van der Waals surface area contributed by atoms with E-state index in [2.05, 4.69) is 15.8 Å². The van der Waals surface area contributed by atoms with Crippen LogP contribution in [0.3, 0.4) is 0 Å². The predicted molar refractivity (Wildman–Crippen MR) is 129 cm³/mol. The largest absolute Gasteiger partial charge is 0.493 e. The molecule has 3 aromatic carbocycles. The zero-order valence-corrected chi connectivity index (χ0v) is 18.8. The van der Waals surface area contributed by atoms with Gasteiger partial charge in [0.05, 0.1) is 29.2 Å². The molecule has 2 N–H and O–H groups in total. The number of aryl methyl sites for hydroxylation is 1. The van der Waals surface area contributed by atoms with Gasteiger partial charge >= 0.3 is 5.69 Å². The maximum atomic E-state index is 12.2. The van der Waals surface area contributed by atoms with Crippen LogP contribution in [0, 0.1) is 27.2 Å². The Morgan fingerprint density at radius 1 is 1.00 bits per heavy atom. The molecule has 0 atom stereocenters. The molecule has 3 aromatic rings. The van der Waals surface area contributed by atoms with Gasteiger partial charge in [-0.2, -0.15) is 5.10 Å². The van der Waals surface area contributed by atoms with Gasteiger partial charge < -0.3 is 14.8 Å². The van der Waals surface area contributed by atoms with Gasteiger partial charge in [-0.15, -0.1) is 0 Å². The van der Waals surface area contributed by atoms with E-state index in [0.29, 0.717) is 22.7 Å². The fourth-order valence-electron chi connectivity index (χ4n) is 2.92. The minimum atomic E-state index is -0.741. The van der Waals surface area contributed by atoms with E-state index in [4.69, 9.17) is 9.47 Å². The third kappa shape index (κ3) is 6.74. The summed E-state index contributed by atoms with van der Waals surface area (Å²) in [5.41, 5.74) is 3.91. The molecule has 0 saturated carbocycles. The molecule has 0 aliphatic heterocycles. The number of hydrogen-bond acceptors (Lipinski definition) is 9. The van der Waals surface area contributed by atoms with E-state index in [1.165, 1.54) is 19.4 Å². The smallest absolute Gasteiger partial charge is 0.301 e. The summed E-state index contributed by atoms with van der Waals surface area (Å²) in [6, 6.07) is 15.4. The van der Waals surface area contributed by atoms with Gasteiger partial charge in [0.15, 0.2) is 18.1 Å². The second-order valence-electron chi connectivity index (χ2n) is 7.20. The summed E-state index contributed by atoms with van der Waals surface area (Å²) >= 11 is 0. The van der Waals surface area contributed by atoms with Crippen LogP contribution in [0.2, 0.25) is 0 Å². The van der Waals surface area contributed by atoms with Crippen LogP contribution in [0.1, 0.15) is 11.1 Å². The number of hydrogen-bond donors (Lipinski definition) is 2. The summed E-state index contributed by atoms with van der Waals surface area (Å²) < 4.78 is 10.9. The van der Waals surface area contributed by atoms with Gasteiger partial charge in [-0.3, -0.25) is 30.4 Å². The molecule has 35 heavy (non-hydrogen) atoms. The Morgan fingerprint density at radius 3 is 2.40 bits per heavy atom. The summed E-state index contributed by atoms with van der Waals surface area (Å²) in [7, 11) is 1.44. The van der Waals surface area contributed by atoms with Gasteiger partial charge in [0, 0.05) is 11.8 Å². The van der Waals surface area contributed by atoms with Crippen molar-refractivity contribution in [1.29, 1.82) is 0 Å². The average Bonchev–Trinajstić information content (AvgIpc) is 2.84. The highest BCUT2D eigenvalue weighted by atomic mass is 16.6. The Kier molecular flexibility index (Phi) is 7.90. The van der Waals surface area contributed by atoms with Crippen molar-refractivity contribution in [1.82, 2.24) is 0 Å². The average molecular weight is 479 g/mol. The van der Waals surface area contributed by atoms with Crippen molar-refractivity contribution in [3.8, 4) is 11.5 Å². The Hall–Kier alpha value is -5.00. The van der Waals surface area contributed by atoms with E-state index < -0.39 is 21.2 Å². The first kappa shape index (κ1) is 24.6. The fourth-order valence-corrected chi connectivity index (χ4v) is 2.92. The zero-order valence-electron chi connectivity index (χ0n) is 18.8. The number of benzene rings is 3. The maximum absolute atomic E-state index is 12.2. The van der Waals surface area contributed by atoms with Gasteiger partial charge in [-0.1, -0.05) is 17.7 Å². The SMILES string of the molecule is COc1cc(/C=N\Nc2ccc([N+](=O)[O-])cc2[N+](=O)[O-])ccc1OCC(=O)Nc1ccc(C)cc1. The zero-order chi connectivity index (χ0) is 25.4. The van der Waals surface area contributed by atoms with E-state index in [9.17, 15) is 25.0 Å². The lowest BCUT2D eigenvalue weighted by Gasteiger charge is -2.11. The number of hydrazone groups is 1. The molecule has 12 heteroatoms. The first-order valence-electron chi connectivity index (χ1n) is 10.2. The minimum Gasteiger partial charge on any atom is -0.493 e. The van der Waals surface area contributed by atoms with Crippen LogP contribution in [0.15, 0.2) is 65.8 Å². The number of amides is 1. The summed E-state index contributed by atoms with van der Waals surface area (Å²) in [5, 5.41) is 28.7. The summed E-state index contributed by atoms with van der Waals surface area (Å²) in [6.07, 6.45) is 1.38. The number of ether oxygens (including phenoxy) is 2. The van der Waals surface area contributed by atoms with Crippen LogP contribution in [0.25, 0.3) is 0 Å². The van der Waals surface area contributed by atoms with E-state index in [1.54, 1.807) is 30.3 Å². The van der Waals surface area contributed by atoms with E-state index in [-0.39, 0.29) is 18.2 Å². The maximum Gasteiger partial charge on any atom is 0.301 e. The first-order valence-corrected chi connectivity index (χ1v) is 10.2. The molecule has 0 radical (unpaired) electrons. The molecule has 0 saturated heterocycles. The monoisotopic (exact) mass is 479 g/mol. The molecule has 3 rings (SSSR count). The molecule has 180 valence electrons. The number of nitro groups is 2. The van der Waals surface area contributed by atoms with Crippen molar-refractivity contribution in [2.75, 3.05) is 24.5 Å². The van der Waals surface area contributed by atoms with E-state index in [1.807, 2.05) is 19.1 Å². The lowest BCUT2D eigenvalue weighted by atomic mass is 10.2. The number of nitrogens with zero attached hydrogens (tertiary/aromatic N) is 3. The molecular weight excluding hydrogens is 458 g/mol. The number of carbonyl (C=O) groups is 1. The van der Waals surface area contributed by atoms with Crippen LogP contribution >= 0.6 is 0 Å². The lowest BCUT2D eigenvalue weighted by molar-refractivity contribution is -0.393. The third-order valence-corrected chi connectivity index (χ3v) is 4.67. The number of nitrogens with one attached hydrogen (secondary N) is 2. The number of nitro benzene ring substituents is 2. The topological polar surface area (TPSA) is 158 Å². The van der Waals surface area contributed by atoms with Crippen molar-refractivity contribution in [2.45, 2.75) is 6.92 Å². The third-order valence-electron chi connectivity index (χ3n) is 4.67. The number of carbonyl (C=O) groups excluding carboxylic acids is 1. The Balaban J connectivity index is 1.64. The summed E-state index contributed by atoms with van der Waals surface area (Å²) in [4.78, 5) is 32.7. The highest BCUT2D eigenvalue weighted by Gasteiger charge is 2.19. The molecule has 0 aliphatic carbocycles. The molecule has 0 fully saturated rings. The van der Waals surface area contributed by atoms with Crippen molar-refractivity contribution < 1.29 is 24.1 Å². The summed E-state index contributed by atoms with van der Waals surface area (Å²) in [5.74, 6) is 0.344. The number of rotatable bonds is 10. The minimum absolute atomic E-state index is 0.0108. The highest BCUT2D eigenvalue weighted by molar-refractivity contribution is 5.92. The Bertz CT molecular complexity index is 1280. The van der Waals surface area contributed by atoms with Gasteiger partial charge in [0.2, 0.25) is 0 Å². The van der Waals surface area contributed by atoms with Crippen LogP contribution in [-0.4, -0.2) is 35.7 Å².